The highest BCUT2D eigenvalue weighted by Crippen LogP contribution is 2.33. The Balaban J connectivity index is 1.87. The summed E-state index contributed by atoms with van der Waals surface area (Å²) in [5.74, 6) is 0.991. The Kier molecular flexibility index (Phi) is 5.38. The van der Waals surface area contributed by atoms with Gasteiger partial charge >= 0.3 is 0 Å². The molecule has 1 fully saturated rings. The number of aryl methyl sites for hydroxylation is 1. The predicted octanol–water partition coefficient (Wildman–Crippen LogP) is 2.32. The molecule has 134 valence electrons. The van der Waals surface area contributed by atoms with E-state index in [2.05, 4.69) is 29.2 Å². The number of nitrogens with zero attached hydrogens (tertiary/aromatic N) is 4. The van der Waals surface area contributed by atoms with E-state index in [0.29, 0.717) is 6.54 Å². The van der Waals surface area contributed by atoms with E-state index in [1.54, 1.807) is 14.0 Å². The monoisotopic (exact) mass is 342 g/mol. The van der Waals surface area contributed by atoms with Crippen molar-refractivity contribution < 1.29 is 9.53 Å². The van der Waals surface area contributed by atoms with Crippen molar-refractivity contribution in [2.24, 2.45) is 0 Å². The van der Waals surface area contributed by atoms with E-state index in [0.717, 1.165) is 37.5 Å². The lowest BCUT2D eigenvalue weighted by Crippen LogP contribution is -2.49. The van der Waals surface area contributed by atoms with Crippen molar-refractivity contribution in [1.29, 1.82) is 0 Å². The smallest absolute Gasteiger partial charge is 0.219 e. The number of para-hydroxylation sites is 1. The number of carbonyl (C=O) groups excluding carboxylic acids is 1. The Labute approximate surface area is 149 Å². The molecule has 1 aromatic carbocycles. The number of piperazine rings is 1. The Morgan fingerprint density at radius 2 is 2.12 bits per heavy atom. The van der Waals surface area contributed by atoms with E-state index in [1.165, 1.54) is 5.56 Å². The van der Waals surface area contributed by atoms with Crippen molar-refractivity contribution >= 4 is 5.91 Å². The molecule has 0 saturated carbocycles. The standard InChI is InChI=1S/C19H26N4O2/c1-4-23-13-16(11-20-23)12-22-10-9-21(15(2)24)14-18(22)17-7-5-6-8-19(17)25-3/h5-8,11,13,18H,4,9-10,12,14H2,1-3H3. The fourth-order valence-electron chi connectivity index (χ4n) is 3.43. The highest BCUT2D eigenvalue weighted by atomic mass is 16.5. The first-order valence-corrected chi connectivity index (χ1v) is 8.76. The number of benzene rings is 1. The third-order valence-corrected chi connectivity index (χ3v) is 4.83. The van der Waals surface area contributed by atoms with Gasteiger partial charge in [0.2, 0.25) is 5.91 Å². The van der Waals surface area contributed by atoms with Crippen molar-refractivity contribution in [3.05, 3.63) is 47.8 Å². The fraction of sp³-hybridized carbons (Fsp3) is 0.474. The Morgan fingerprint density at radius 3 is 2.80 bits per heavy atom. The van der Waals surface area contributed by atoms with Crippen LogP contribution < -0.4 is 4.74 Å². The molecule has 0 spiro atoms. The van der Waals surface area contributed by atoms with Gasteiger partial charge in [-0.25, -0.2) is 0 Å². The third kappa shape index (κ3) is 3.85. The van der Waals surface area contributed by atoms with Crippen LogP contribution in [0.1, 0.15) is 31.0 Å². The molecule has 0 N–H and O–H groups in total. The number of aromatic nitrogens is 2. The van der Waals surface area contributed by atoms with Crippen LogP contribution in [0.25, 0.3) is 0 Å². The molecule has 2 heterocycles. The van der Waals surface area contributed by atoms with Crippen LogP contribution in [-0.2, 0) is 17.9 Å². The molecule has 0 bridgehead atoms. The molecule has 1 saturated heterocycles. The summed E-state index contributed by atoms with van der Waals surface area (Å²) < 4.78 is 7.51. The molecule has 3 rings (SSSR count). The molecule has 1 aliphatic rings. The van der Waals surface area contributed by atoms with E-state index in [1.807, 2.05) is 34.0 Å². The first-order chi connectivity index (χ1) is 12.1. The molecule has 0 radical (unpaired) electrons. The molecule has 1 aliphatic heterocycles. The molecule has 0 aliphatic carbocycles. The van der Waals surface area contributed by atoms with Crippen molar-refractivity contribution in [2.45, 2.75) is 33.0 Å². The minimum atomic E-state index is 0.110. The third-order valence-electron chi connectivity index (χ3n) is 4.83. The van der Waals surface area contributed by atoms with Crippen LogP contribution in [0.4, 0.5) is 0 Å². The topological polar surface area (TPSA) is 50.6 Å². The van der Waals surface area contributed by atoms with Gasteiger partial charge < -0.3 is 9.64 Å². The van der Waals surface area contributed by atoms with Crippen LogP contribution in [-0.4, -0.2) is 52.2 Å². The van der Waals surface area contributed by atoms with Gasteiger partial charge in [0, 0.05) is 57.0 Å². The van der Waals surface area contributed by atoms with Gasteiger partial charge in [0.15, 0.2) is 0 Å². The molecule has 2 aromatic rings. The van der Waals surface area contributed by atoms with Crippen molar-refractivity contribution in [2.75, 3.05) is 26.7 Å². The Morgan fingerprint density at radius 1 is 1.32 bits per heavy atom. The minimum Gasteiger partial charge on any atom is -0.496 e. The molecule has 1 atom stereocenters. The zero-order valence-electron chi connectivity index (χ0n) is 15.2. The lowest BCUT2D eigenvalue weighted by atomic mass is 10.0. The maximum absolute atomic E-state index is 11.9. The summed E-state index contributed by atoms with van der Waals surface area (Å²) >= 11 is 0. The minimum absolute atomic E-state index is 0.110. The van der Waals surface area contributed by atoms with Gasteiger partial charge in [-0.05, 0) is 13.0 Å². The van der Waals surface area contributed by atoms with E-state index >= 15 is 0 Å². The predicted molar refractivity (Wildman–Crippen MR) is 96.3 cm³/mol. The molecule has 1 unspecified atom stereocenters. The SMILES string of the molecule is CCn1cc(CN2CCN(C(C)=O)CC2c2ccccc2OC)cn1. The fourth-order valence-corrected chi connectivity index (χ4v) is 3.43. The van der Waals surface area contributed by atoms with Gasteiger partial charge in [-0.3, -0.25) is 14.4 Å². The maximum atomic E-state index is 11.9. The molecule has 25 heavy (non-hydrogen) atoms. The van der Waals surface area contributed by atoms with Gasteiger partial charge in [0.05, 0.1) is 19.3 Å². The molecular weight excluding hydrogens is 316 g/mol. The van der Waals surface area contributed by atoms with E-state index in [-0.39, 0.29) is 11.9 Å². The summed E-state index contributed by atoms with van der Waals surface area (Å²) in [4.78, 5) is 16.2. The largest absolute Gasteiger partial charge is 0.496 e. The summed E-state index contributed by atoms with van der Waals surface area (Å²) in [5.41, 5.74) is 2.32. The van der Waals surface area contributed by atoms with Crippen LogP contribution in [0.5, 0.6) is 5.75 Å². The first kappa shape index (κ1) is 17.5. The molecule has 1 amide bonds. The van der Waals surface area contributed by atoms with Crippen molar-refractivity contribution in [1.82, 2.24) is 19.6 Å². The average Bonchev–Trinajstić information content (AvgIpc) is 3.09. The average molecular weight is 342 g/mol. The highest BCUT2D eigenvalue weighted by Gasteiger charge is 2.31. The van der Waals surface area contributed by atoms with Gasteiger partial charge in [0.25, 0.3) is 0 Å². The van der Waals surface area contributed by atoms with Crippen LogP contribution in [0.15, 0.2) is 36.7 Å². The van der Waals surface area contributed by atoms with Crippen LogP contribution in [0, 0.1) is 0 Å². The quantitative estimate of drug-likeness (QED) is 0.837. The summed E-state index contributed by atoms with van der Waals surface area (Å²) in [6.45, 7) is 7.67. The Bertz CT molecular complexity index is 728. The summed E-state index contributed by atoms with van der Waals surface area (Å²) in [6.07, 6.45) is 4.02. The lowest BCUT2D eigenvalue weighted by Gasteiger charge is -2.41. The first-order valence-electron chi connectivity index (χ1n) is 8.76. The lowest BCUT2D eigenvalue weighted by molar-refractivity contribution is -0.132. The number of methoxy groups -OCH3 is 1. The number of rotatable bonds is 5. The second-order valence-electron chi connectivity index (χ2n) is 6.40. The highest BCUT2D eigenvalue weighted by molar-refractivity contribution is 5.73. The molecule has 1 aromatic heterocycles. The number of hydrogen-bond donors (Lipinski definition) is 0. The van der Waals surface area contributed by atoms with Gasteiger partial charge in [-0.1, -0.05) is 18.2 Å². The van der Waals surface area contributed by atoms with Crippen LogP contribution >= 0.6 is 0 Å². The zero-order valence-corrected chi connectivity index (χ0v) is 15.2. The number of carbonyl (C=O) groups is 1. The maximum Gasteiger partial charge on any atom is 0.219 e. The number of ether oxygens (including phenoxy) is 1. The van der Waals surface area contributed by atoms with Gasteiger partial charge in [-0.2, -0.15) is 5.10 Å². The van der Waals surface area contributed by atoms with E-state index in [9.17, 15) is 4.79 Å². The second-order valence-corrected chi connectivity index (χ2v) is 6.40. The van der Waals surface area contributed by atoms with E-state index in [4.69, 9.17) is 4.74 Å². The van der Waals surface area contributed by atoms with Crippen LogP contribution in [0.2, 0.25) is 0 Å². The van der Waals surface area contributed by atoms with E-state index < -0.39 is 0 Å². The van der Waals surface area contributed by atoms with Gasteiger partial charge in [0.1, 0.15) is 5.75 Å². The second kappa shape index (κ2) is 7.70. The number of hydrogen-bond acceptors (Lipinski definition) is 4. The Hall–Kier alpha value is -2.34. The number of amides is 1. The summed E-state index contributed by atoms with van der Waals surface area (Å²) in [7, 11) is 1.69. The van der Waals surface area contributed by atoms with Crippen LogP contribution in [0.3, 0.4) is 0 Å². The molecule has 6 heteroatoms. The summed E-state index contributed by atoms with van der Waals surface area (Å²) in [5, 5.41) is 4.38. The zero-order chi connectivity index (χ0) is 17.8. The molecule has 6 nitrogen and oxygen atoms in total. The van der Waals surface area contributed by atoms with Crippen molar-refractivity contribution in [3.63, 3.8) is 0 Å². The van der Waals surface area contributed by atoms with Crippen molar-refractivity contribution in [3.8, 4) is 5.75 Å². The van der Waals surface area contributed by atoms with Gasteiger partial charge in [-0.15, -0.1) is 0 Å². The normalized spacial score (nSPS) is 18.4. The summed E-state index contributed by atoms with van der Waals surface area (Å²) in [6, 6.07) is 8.19. The molecular formula is C19H26N4O2.